The maximum absolute atomic E-state index is 13.0. The lowest BCUT2D eigenvalue weighted by molar-refractivity contribution is -0.870. The fraction of sp³-hybridized carbons (Fsp3) is 0.772. The lowest BCUT2D eigenvalue weighted by Gasteiger charge is -2.25. The van der Waals surface area contributed by atoms with E-state index in [0.29, 0.717) is 23.9 Å². The zero-order valence-electron chi connectivity index (χ0n) is 67.1. The van der Waals surface area contributed by atoms with Crippen LogP contribution < -0.4 is 0 Å². The van der Waals surface area contributed by atoms with Crippen LogP contribution in [-0.2, 0) is 33.3 Å². The van der Waals surface area contributed by atoms with Gasteiger partial charge in [-0.3, -0.25) is 9.59 Å². The summed E-state index contributed by atoms with van der Waals surface area (Å²) in [5.74, 6) is -2.00. The van der Waals surface area contributed by atoms with Crippen molar-refractivity contribution in [2.45, 2.75) is 411 Å². The number of likely N-dealkylation sites (N-methyl/N-ethyl adjacent to an activating group) is 1. The van der Waals surface area contributed by atoms with Crippen molar-refractivity contribution in [1.82, 2.24) is 0 Å². The van der Waals surface area contributed by atoms with Crippen LogP contribution in [0.1, 0.15) is 399 Å². The van der Waals surface area contributed by atoms with Gasteiger partial charge in [-0.1, -0.05) is 393 Å². The van der Waals surface area contributed by atoms with Crippen LogP contribution in [0.3, 0.4) is 0 Å². The molecule has 0 aliphatic carbocycles. The highest BCUT2D eigenvalue weighted by molar-refractivity contribution is 5.71. The van der Waals surface area contributed by atoms with Gasteiger partial charge in [0, 0.05) is 12.8 Å². The summed E-state index contributed by atoms with van der Waals surface area (Å²) in [6.45, 7) is 4.80. The van der Waals surface area contributed by atoms with Gasteiger partial charge in [-0.15, -0.1) is 0 Å². The normalized spacial score (nSPS) is 13.2. The van der Waals surface area contributed by atoms with Crippen LogP contribution >= 0.6 is 0 Å². The van der Waals surface area contributed by atoms with Gasteiger partial charge in [0.15, 0.2) is 6.10 Å². The van der Waals surface area contributed by atoms with Crippen LogP contribution in [0.25, 0.3) is 0 Å². The van der Waals surface area contributed by atoms with Crippen molar-refractivity contribution in [1.29, 1.82) is 0 Å². The van der Waals surface area contributed by atoms with E-state index in [1.807, 2.05) is 21.1 Å². The Kier molecular flexibility index (Phi) is 78.3. The molecule has 2 unspecified atom stereocenters. The number of aliphatic carboxylic acids is 1. The van der Waals surface area contributed by atoms with Crippen molar-refractivity contribution in [2.75, 3.05) is 47.5 Å². The van der Waals surface area contributed by atoms with Crippen molar-refractivity contribution in [3.8, 4) is 0 Å². The minimum atomic E-state index is -1.52. The second-order valence-corrected chi connectivity index (χ2v) is 30.1. The lowest BCUT2D eigenvalue weighted by Crippen LogP contribution is -2.40. The first-order chi connectivity index (χ1) is 49.6. The Morgan fingerprint density at radius 1 is 0.307 bits per heavy atom. The Morgan fingerprint density at radius 2 is 0.564 bits per heavy atom. The molecule has 2 atom stereocenters. The van der Waals surface area contributed by atoms with Crippen LogP contribution in [0.4, 0.5) is 0 Å². The zero-order valence-corrected chi connectivity index (χ0v) is 67.1. The molecule has 0 radical (unpaired) electrons. The highest BCUT2D eigenvalue weighted by Gasteiger charge is 2.25. The topological polar surface area (TPSA) is 108 Å². The fourth-order valence-electron chi connectivity index (χ4n) is 12.5. The third-order valence-corrected chi connectivity index (χ3v) is 19.0. The predicted octanol–water partition coefficient (Wildman–Crippen LogP) is 28.0. The summed E-state index contributed by atoms with van der Waals surface area (Å²) in [6.07, 6.45) is 113. The van der Waals surface area contributed by atoms with E-state index in [1.165, 1.54) is 270 Å². The molecule has 0 heterocycles. The first-order valence-electron chi connectivity index (χ1n) is 43.1. The Labute approximate surface area is 625 Å². The molecular formula is C92H164NO8+. The van der Waals surface area contributed by atoms with E-state index >= 15 is 0 Å². The largest absolute Gasteiger partial charge is 0.477 e. The molecule has 584 valence electrons. The number of allylic oxidation sites excluding steroid dienone is 18. The molecule has 9 nitrogen and oxygen atoms in total. The predicted molar refractivity (Wildman–Crippen MR) is 438 cm³/mol. The smallest absolute Gasteiger partial charge is 0.361 e. The van der Waals surface area contributed by atoms with Crippen LogP contribution in [0.2, 0.25) is 0 Å². The number of ether oxygens (including phenoxy) is 4. The second-order valence-electron chi connectivity index (χ2n) is 30.1. The van der Waals surface area contributed by atoms with Crippen molar-refractivity contribution in [3.63, 3.8) is 0 Å². The number of carbonyl (C=O) groups excluding carboxylic acids is 2. The van der Waals surface area contributed by atoms with Crippen molar-refractivity contribution >= 4 is 17.9 Å². The van der Waals surface area contributed by atoms with Crippen LogP contribution in [0.15, 0.2) is 109 Å². The number of rotatable bonds is 80. The summed E-state index contributed by atoms with van der Waals surface area (Å²) in [5, 5.41) is 9.79. The van der Waals surface area contributed by atoms with E-state index in [4.69, 9.17) is 18.9 Å². The van der Waals surface area contributed by atoms with Gasteiger partial charge < -0.3 is 28.5 Å². The lowest BCUT2D eigenvalue weighted by atomic mass is 10.0. The third-order valence-electron chi connectivity index (χ3n) is 19.0. The molecule has 0 amide bonds. The Hall–Kier alpha value is -4.05. The van der Waals surface area contributed by atoms with Crippen LogP contribution in [0.5, 0.6) is 0 Å². The number of unbranched alkanes of at least 4 members (excludes halogenated alkanes) is 47. The van der Waals surface area contributed by atoms with E-state index in [-0.39, 0.29) is 32.2 Å². The molecule has 0 fully saturated rings. The Balaban J connectivity index is 3.98. The summed E-state index contributed by atoms with van der Waals surface area (Å²) < 4.78 is 23.1. The van der Waals surface area contributed by atoms with Crippen molar-refractivity contribution in [2.24, 2.45) is 0 Å². The van der Waals surface area contributed by atoms with Crippen LogP contribution in [-0.4, -0.2) is 87.4 Å². The first kappa shape index (κ1) is 97.0. The van der Waals surface area contributed by atoms with Gasteiger partial charge in [0.25, 0.3) is 6.29 Å². The van der Waals surface area contributed by atoms with Gasteiger partial charge in [-0.25, -0.2) is 4.79 Å². The fourth-order valence-corrected chi connectivity index (χ4v) is 12.5. The zero-order chi connectivity index (χ0) is 73.2. The molecule has 0 aromatic rings. The molecule has 0 saturated heterocycles. The maximum Gasteiger partial charge on any atom is 0.361 e. The molecule has 0 bridgehead atoms. The summed E-state index contributed by atoms with van der Waals surface area (Å²) in [7, 11) is 5.99. The molecule has 0 aliphatic heterocycles. The Morgan fingerprint density at radius 3 is 0.851 bits per heavy atom. The molecule has 0 spiro atoms. The average Bonchev–Trinajstić information content (AvgIpc) is 1.25. The van der Waals surface area contributed by atoms with E-state index in [1.54, 1.807) is 0 Å². The number of quaternary nitrogens is 1. The standard InChI is InChI=1S/C92H163NO8/c1-6-8-10-12-14-16-18-20-22-24-26-28-30-32-34-36-38-40-42-43-44-45-46-47-49-50-52-54-56-58-60-62-64-66-68-70-72-74-76-78-80-82-89(94)99-86-88(87-100-92(91(96)97)98-85-84-93(3,4)5)101-90(95)83-81-79-77-75-73-71-69-67-65-63-61-59-57-55-53-51-48-41-39-37-35-33-31-29-27-25-23-21-19-17-15-13-11-9-7-2/h9,11,15,17,21,23-24,26-27,29,33,35,39,41,51,53,57,59,88,92H,6-8,10,12-14,16,18-20,22,25,28,30-32,34,36-38,40,42-50,52,54-56,58,60-87H2,1-5H3/p+1/b11-9-,17-15-,23-21-,26-24-,29-27-,35-33-,41-39-,53-51-,59-57-. The second kappa shape index (κ2) is 81.6. The average molecular weight is 1410 g/mol. The number of nitrogens with zero attached hydrogens (tertiary/aromatic N) is 1. The molecular weight excluding hydrogens is 1250 g/mol. The summed E-state index contributed by atoms with van der Waals surface area (Å²) in [4.78, 5) is 37.8. The minimum absolute atomic E-state index is 0.184. The Bertz CT molecular complexity index is 2040. The minimum Gasteiger partial charge on any atom is -0.477 e. The van der Waals surface area contributed by atoms with Crippen molar-refractivity contribution < 1.29 is 42.9 Å². The van der Waals surface area contributed by atoms with Gasteiger partial charge in [-0.05, 0) is 103 Å². The highest BCUT2D eigenvalue weighted by atomic mass is 16.7. The van der Waals surface area contributed by atoms with Gasteiger partial charge >= 0.3 is 17.9 Å². The van der Waals surface area contributed by atoms with Gasteiger partial charge in [0.2, 0.25) is 0 Å². The summed E-state index contributed by atoms with van der Waals surface area (Å²) in [5.41, 5.74) is 0. The number of carboxylic acids is 1. The molecule has 0 rings (SSSR count). The number of hydrogen-bond acceptors (Lipinski definition) is 7. The molecule has 101 heavy (non-hydrogen) atoms. The van der Waals surface area contributed by atoms with E-state index in [0.717, 1.165) is 96.3 Å². The molecule has 9 heteroatoms. The van der Waals surface area contributed by atoms with Crippen molar-refractivity contribution in [3.05, 3.63) is 109 Å². The first-order valence-corrected chi connectivity index (χ1v) is 43.1. The van der Waals surface area contributed by atoms with Crippen LogP contribution in [0, 0.1) is 0 Å². The monoisotopic (exact) mass is 1410 g/mol. The molecule has 0 aromatic carbocycles. The van der Waals surface area contributed by atoms with Gasteiger partial charge in [0.1, 0.15) is 13.2 Å². The van der Waals surface area contributed by atoms with Gasteiger partial charge in [-0.2, -0.15) is 0 Å². The van der Waals surface area contributed by atoms with E-state index in [2.05, 4.69) is 123 Å². The number of hydrogen-bond donors (Lipinski definition) is 1. The SMILES string of the molecule is CC/C=C\C/C=C\C/C=C\C/C=C\C/C=C\C/C=C\C/C=C\C/C=C\CCCCCCCCCCCCC(=O)OC(COC(=O)CCCCCCCCCCCCCCCCCCCCCCCCCCCCCCC/C=C\CCCCCCCCCC)COC(OCC[N+](C)(C)C)C(=O)O. The number of carboxylic acid groups (broad SMARTS) is 1. The summed E-state index contributed by atoms with van der Waals surface area (Å²) in [6, 6.07) is 0. The number of esters is 2. The number of carbonyl (C=O) groups is 3. The van der Waals surface area contributed by atoms with E-state index < -0.39 is 24.3 Å². The third kappa shape index (κ3) is 83.1. The molecule has 1 N–H and O–H groups in total. The quantitative estimate of drug-likeness (QED) is 0.0211. The molecule has 0 aromatic heterocycles. The molecule has 0 saturated carbocycles. The van der Waals surface area contributed by atoms with Gasteiger partial charge in [0.05, 0.1) is 34.4 Å². The summed E-state index contributed by atoms with van der Waals surface area (Å²) >= 11 is 0. The molecule has 0 aliphatic rings. The maximum atomic E-state index is 13.0. The van der Waals surface area contributed by atoms with E-state index in [9.17, 15) is 19.5 Å². The highest BCUT2D eigenvalue weighted by Crippen LogP contribution is 2.20.